The first-order valence-corrected chi connectivity index (χ1v) is 24.7. The van der Waals surface area contributed by atoms with Crippen molar-refractivity contribution in [2.75, 3.05) is 9.80 Å². The number of thiophene rings is 1. The summed E-state index contributed by atoms with van der Waals surface area (Å²) in [5.74, 6) is 0. The van der Waals surface area contributed by atoms with E-state index in [1.807, 2.05) is 11.3 Å². The quantitative estimate of drug-likeness (QED) is 0.135. The van der Waals surface area contributed by atoms with Crippen LogP contribution in [0.25, 0.3) is 81.0 Å². The molecular formula is C66H45N3S. The van der Waals surface area contributed by atoms with Crippen molar-refractivity contribution in [3.63, 3.8) is 0 Å². The Morgan fingerprint density at radius 3 is 1.53 bits per heavy atom. The monoisotopic (exact) mass is 911 g/mol. The van der Waals surface area contributed by atoms with Crippen LogP contribution in [0.4, 0.5) is 34.1 Å². The third kappa shape index (κ3) is 7.21. The highest BCUT2D eigenvalue weighted by atomic mass is 32.1. The molecule has 4 heteroatoms. The number of hydrogen-bond donors (Lipinski definition) is 0. The van der Waals surface area contributed by atoms with Crippen LogP contribution in [-0.2, 0) is 0 Å². The van der Waals surface area contributed by atoms with Crippen LogP contribution < -0.4 is 9.80 Å². The third-order valence-corrected chi connectivity index (χ3v) is 14.7. The number of para-hydroxylation sites is 5. The van der Waals surface area contributed by atoms with E-state index in [1.165, 1.54) is 58.7 Å². The third-order valence-electron chi connectivity index (χ3n) is 13.5. The summed E-state index contributed by atoms with van der Waals surface area (Å²) >= 11 is 1.89. The molecule has 2 aromatic heterocycles. The van der Waals surface area contributed by atoms with E-state index in [4.69, 9.17) is 0 Å². The lowest BCUT2D eigenvalue weighted by Crippen LogP contribution is -2.14. The number of fused-ring (bicyclic) bond motifs is 7. The summed E-state index contributed by atoms with van der Waals surface area (Å²) in [5, 5.41) is 4.96. The van der Waals surface area contributed by atoms with E-state index in [-0.39, 0.29) is 0 Å². The van der Waals surface area contributed by atoms with Crippen LogP contribution in [0.3, 0.4) is 0 Å². The fraction of sp³-hybridized carbons (Fsp3) is 0. The molecule has 0 aliphatic rings. The Morgan fingerprint density at radius 2 is 0.829 bits per heavy atom. The van der Waals surface area contributed by atoms with E-state index in [0.29, 0.717) is 0 Å². The Balaban J connectivity index is 1.14. The molecular weight excluding hydrogens is 867 g/mol. The SMILES string of the molecule is c1ccc(-c2ccc(N(c3ccccc3)c3cc(-c4cc5c6ccccc6n(-c6ccccc6)c5c5sc6ccccc6c45)cc(N(c4ccccc4)c4ccccc4-c4ccccc4)c3)cc2)cc1. The Hall–Kier alpha value is -8.96. The van der Waals surface area contributed by atoms with E-state index in [2.05, 4.69) is 287 Å². The maximum Gasteiger partial charge on any atom is 0.0720 e. The van der Waals surface area contributed by atoms with Gasteiger partial charge in [0, 0.05) is 65.9 Å². The molecule has 0 fully saturated rings. The highest BCUT2D eigenvalue weighted by Gasteiger charge is 2.25. The number of hydrogen-bond acceptors (Lipinski definition) is 3. The predicted molar refractivity (Wildman–Crippen MR) is 299 cm³/mol. The lowest BCUT2D eigenvalue weighted by atomic mass is 9.95. The maximum atomic E-state index is 2.48. The molecule has 330 valence electrons. The molecule has 13 rings (SSSR count). The number of nitrogens with zero attached hydrogens (tertiary/aromatic N) is 3. The first-order chi connectivity index (χ1) is 34.7. The van der Waals surface area contributed by atoms with Crippen LogP contribution in [-0.4, -0.2) is 4.57 Å². The van der Waals surface area contributed by atoms with Crippen LogP contribution in [0.1, 0.15) is 0 Å². The van der Waals surface area contributed by atoms with Crippen molar-refractivity contribution in [1.29, 1.82) is 0 Å². The highest BCUT2D eigenvalue weighted by Crippen LogP contribution is 2.51. The summed E-state index contributed by atoms with van der Waals surface area (Å²) in [7, 11) is 0. The van der Waals surface area contributed by atoms with E-state index in [0.717, 1.165) is 56.5 Å². The molecule has 0 radical (unpaired) electrons. The molecule has 11 aromatic carbocycles. The average molecular weight is 912 g/mol. The molecule has 13 aromatic rings. The van der Waals surface area contributed by atoms with E-state index >= 15 is 0 Å². The van der Waals surface area contributed by atoms with Gasteiger partial charge in [0.1, 0.15) is 0 Å². The van der Waals surface area contributed by atoms with Gasteiger partial charge in [0.25, 0.3) is 0 Å². The number of aromatic nitrogens is 1. The molecule has 0 unspecified atom stereocenters. The largest absolute Gasteiger partial charge is 0.310 e. The molecule has 3 nitrogen and oxygen atoms in total. The van der Waals surface area contributed by atoms with Crippen molar-refractivity contribution in [3.05, 3.63) is 273 Å². The van der Waals surface area contributed by atoms with Crippen molar-refractivity contribution >= 4 is 87.4 Å². The number of rotatable bonds is 10. The fourth-order valence-electron chi connectivity index (χ4n) is 10.4. The topological polar surface area (TPSA) is 11.4 Å². The molecule has 0 aliphatic heterocycles. The fourth-order valence-corrected chi connectivity index (χ4v) is 11.7. The molecule has 2 heterocycles. The van der Waals surface area contributed by atoms with Crippen LogP contribution in [0.15, 0.2) is 273 Å². The molecule has 70 heavy (non-hydrogen) atoms. The molecule has 0 aliphatic carbocycles. The maximum absolute atomic E-state index is 2.48. The molecule has 0 amide bonds. The smallest absolute Gasteiger partial charge is 0.0720 e. The van der Waals surface area contributed by atoms with Gasteiger partial charge in [0.15, 0.2) is 0 Å². The predicted octanol–water partition coefficient (Wildman–Crippen LogP) is 19.1. The normalized spacial score (nSPS) is 11.4. The first kappa shape index (κ1) is 41.2. The van der Waals surface area contributed by atoms with Gasteiger partial charge in [0.2, 0.25) is 0 Å². The molecule has 0 spiro atoms. The van der Waals surface area contributed by atoms with Crippen molar-refractivity contribution in [2.24, 2.45) is 0 Å². The Kier molecular flexibility index (Phi) is 10.4. The Labute approximate surface area is 411 Å². The lowest BCUT2D eigenvalue weighted by molar-refractivity contribution is 1.19. The zero-order chi connectivity index (χ0) is 46.4. The Bertz CT molecular complexity index is 3980. The Morgan fingerprint density at radius 1 is 0.314 bits per heavy atom. The summed E-state index contributed by atoms with van der Waals surface area (Å²) in [6.07, 6.45) is 0. The molecule has 0 saturated heterocycles. The van der Waals surface area contributed by atoms with Gasteiger partial charge in [0.05, 0.1) is 21.4 Å². The van der Waals surface area contributed by atoms with Gasteiger partial charge < -0.3 is 14.4 Å². The van der Waals surface area contributed by atoms with Crippen LogP contribution in [0.2, 0.25) is 0 Å². The van der Waals surface area contributed by atoms with Gasteiger partial charge in [-0.25, -0.2) is 0 Å². The van der Waals surface area contributed by atoms with Crippen molar-refractivity contribution in [1.82, 2.24) is 4.57 Å². The van der Waals surface area contributed by atoms with E-state index < -0.39 is 0 Å². The van der Waals surface area contributed by atoms with Crippen LogP contribution in [0.5, 0.6) is 0 Å². The molecule has 0 bridgehead atoms. The summed E-state index contributed by atoms with van der Waals surface area (Å²) in [5.41, 5.74) is 17.0. The average Bonchev–Trinajstić information content (AvgIpc) is 3.99. The summed E-state index contributed by atoms with van der Waals surface area (Å²) in [4.78, 5) is 4.86. The second kappa shape index (κ2) is 17.6. The lowest BCUT2D eigenvalue weighted by Gasteiger charge is -2.31. The van der Waals surface area contributed by atoms with Crippen molar-refractivity contribution in [2.45, 2.75) is 0 Å². The van der Waals surface area contributed by atoms with E-state index in [1.54, 1.807) is 0 Å². The molecule has 0 N–H and O–H groups in total. The summed E-state index contributed by atoms with van der Waals surface area (Å²) in [6.45, 7) is 0. The van der Waals surface area contributed by atoms with Gasteiger partial charge in [-0.2, -0.15) is 0 Å². The van der Waals surface area contributed by atoms with Gasteiger partial charge in [-0.05, 0) is 119 Å². The second-order valence-corrected chi connectivity index (χ2v) is 18.7. The van der Waals surface area contributed by atoms with Crippen LogP contribution >= 0.6 is 11.3 Å². The first-order valence-electron chi connectivity index (χ1n) is 23.8. The van der Waals surface area contributed by atoms with Crippen LogP contribution in [0, 0.1) is 0 Å². The minimum absolute atomic E-state index is 1.04. The molecule has 0 saturated carbocycles. The zero-order valence-corrected chi connectivity index (χ0v) is 39.0. The van der Waals surface area contributed by atoms with Crippen molar-refractivity contribution in [3.8, 4) is 39.1 Å². The minimum atomic E-state index is 1.04. The minimum Gasteiger partial charge on any atom is -0.310 e. The van der Waals surface area contributed by atoms with Gasteiger partial charge in [-0.1, -0.05) is 182 Å². The number of benzene rings is 11. The van der Waals surface area contributed by atoms with Gasteiger partial charge in [-0.3, -0.25) is 0 Å². The summed E-state index contributed by atoms with van der Waals surface area (Å²) < 4.78 is 5.01. The number of anilines is 6. The van der Waals surface area contributed by atoms with Crippen molar-refractivity contribution < 1.29 is 0 Å². The zero-order valence-electron chi connectivity index (χ0n) is 38.2. The van der Waals surface area contributed by atoms with Gasteiger partial charge >= 0.3 is 0 Å². The highest BCUT2D eigenvalue weighted by molar-refractivity contribution is 7.26. The standard InChI is InChI=1S/C66H45N3S/c1-6-22-46(23-7-1)47-38-40-53(41-39-47)67(50-26-10-3-11-27-50)54-42-49(43-55(44-54)68(51-28-12-4-13-29-51)61-35-19-16-32-56(61)48-24-8-2-9-25-48)59-45-60-57-33-17-20-36-62(57)69(52-30-14-5-15-31-52)65(60)66-64(59)58-34-18-21-37-63(58)70-66/h1-45H. The summed E-state index contributed by atoms with van der Waals surface area (Å²) in [6, 6.07) is 99.2. The van der Waals surface area contributed by atoms with E-state index in [9.17, 15) is 0 Å². The molecule has 0 atom stereocenters. The second-order valence-electron chi connectivity index (χ2n) is 17.7. The van der Waals surface area contributed by atoms with Gasteiger partial charge in [-0.15, -0.1) is 11.3 Å².